The molecule has 3 nitrogen and oxygen atoms in total. The Labute approximate surface area is 94.7 Å². The Morgan fingerprint density at radius 2 is 1.93 bits per heavy atom. The molecule has 2 atom stereocenters. The van der Waals surface area contributed by atoms with Crippen LogP contribution in [0.5, 0.6) is 0 Å². The maximum Gasteiger partial charge on any atom is 0.0813 e. The molecule has 0 rings (SSSR count). The second-order valence-corrected chi connectivity index (χ2v) is 4.44. The average molecular weight is 216 g/mol. The van der Waals surface area contributed by atoms with E-state index in [0.29, 0.717) is 0 Å². The first kappa shape index (κ1) is 14.9. The van der Waals surface area contributed by atoms with Crippen LogP contribution in [0.3, 0.4) is 0 Å². The minimum Gasteiger partial charge on any atom is -0.377 e. The van der Waals surface area contributed by atoms with Crippen molar-refractivity contribution in [3.05, 3.63) is 0 Å². The highest BCUT2D eigenvalue weighted by atomic mass is 16.5. The van der Waals surface area contributed by atoms with Gasteiger partial charge < -0.3 is 4.74 Å². The summed E-state index contributed by atoms with van der Waals surface area (Å²) >= 11 is 0. The van der Waals surface area contributed by atoms with Gasteiger partial charge in [0.15, 0.2) is 0 Å². The van der Waals surface area contributed by atoms with Crippen LogP contribution in [0.1, 0.15) is 59.3 Å². The number of hydrazine groups is 1. The summed E-state index contributed by atoms with van der Waals surface area (Å²) in [7, 11) is 1.76. The van der Waals surface area contributed by atoms with E-state index in [1.54, 1.807) is 7.11 Å². The van der Waals surface area contributed by atoms with Gasteiger partial charge in [0.2, 0.25) is 0 Å². The molecule has 15 heavy (non-hydrogen) atoms. The average Bonchev–Trinajstić information content (AvgIpc) is 2.28. The fourth-order valence-electron chi connectivity index (χ4n) is 1.87. The van der Waals surface area contributed by atoms with Crippen molar-refractivity contribution >= 4 is 0 Å². The molecule has 0 aliphatic carbocycles. The Hall–Kier alpha value is -0.120. The van der Waals surface area contributed by atoms with Crippen molar-refractivity contribution in [2.24, 2.45) is 5.84 Å². The summed E-state index contributed by atoms with van der Waals surface area (Å²) in [4.78, 5) is 0. The van der Waals surface area contributed by atoms with Crippen molar-refractivity contribution in [1.29, 1.82) is 0 Å². The molecule has 0 fully saturated rings. The Bertz CT molecular complexity index is 147. The lowest BCUT2D eigenvalue weighted by Gasteiger charge is -2.35. The summed E-state index contributed by atoms with van der Waals surface area (Å²) in [5.74, 6) is 5.59. The third-order valence-electron chi connectivity index (χ3n) is 3.45. The number of unbranched alkanes of at least 4 members (excludes halogenated alkanes) is 3. The maximum absolute atomic E-state index is 5.59. The number of nitrogens with one attached hydrogen (secondary N) is 1. The Balaban J connectivity index is 3.99. The van der Waals surface area contributed by atoms with Crippen molar-refractivity contribution in [3.63, 3.8) is 0 Å². The summed E-state index contributed by atoms with van der Waals surface area (Å²) < 4.78 is 5.55. The predicted octanol–water partition coefficient (Wildman–Crippen LogP) is 2.60. The van der Waals surface area contributed by atoms with Crippen LogP contribution < -0.4 is 11.3 Å². The number of ether oxygens (including phenoxy) is 1. The molecule has 0 amide bonds. The summed E-state index contributed by atoms with van der Waals surface area (Å²) in [6.45, 7) is 6.49. The van der Waals surface area contributed by atoms with E-state index < -0.39 is 0 Å². The monoisotopic (exact) mass is 216 g/mol. The number of hydrogen-bond acceptors (Lipinski definition) is 3. The van der Waals surface area contributed by atoms with Crippen molar-refractivity contribution in [1.82, 2.24) is 5.43 Å². The van der Waals surface area contributed by atoms with Gasteiger partial charge in [0, 0.05) is 13.2 Å². The minimum atomic E-state index is -0.138. The van der Waals surface area contributed by atoms with E-state index in [4.69, 9.17) is 10.6 Å². The third-order valence-corrected chi connectivity index (χ3v) is 3.45. The lowest BCUT2D eigenvalue weighted by molar-refractivity contribution is -0.0317. The summed E-state index contributed by atoms with van der Waals surface area (Å²) in [5.41, 5.74) is 2.76. The number of rotatable bonds is 9. The molecule has 0 aromatic carbocycles. The second-order valence-electron chi connectivity index (χ2n) is 4.44. The first-order valence-electron chi connectivity index (χ1n) is 6.15. The van der Waals surface area contributed by atoms with E-state index >= 15 is 0 Å². The van der Waals surface area contributed by atoms with Crippen molar-refractivity contribution in [3.8, 4) is 0 Å². The fraction of sp³-hybridized carbons (Fsp3) is 1.00. The molecule has 0 spiro atoms. The molecule has 0 aromatic heterocycles. The van der Waals surface area contributed by atoms with Gasteiger partial charge in [-0.3, -0.25) is 11.3 Å². The van der Waals surface area contributed by atoms with E-state index in [9.17, 15) is 0 Å². The van der Waals surface area contributed by atoms with Crippen LogP contribution in [0.15, 0.2) is 0 Å². The largest absolute Gasteiger partial charge is 0.377 e. The summed E-state index contributed by atoms with van der Waals surface area (Å²) in [6, 6.07) is 0.254. The van der Waals surface area contributed by atoms with Gasteiger partial charge in [-0.05, 0) is 19.8 Å². The van der Waals surface area contributed by atoms with Crippen molar-refractivity contribution < 1.29 is 4.74 Å². The first-order valence-corrected chi connectivity index (χ1v) is 6.15. The van der Waals surface area contributed by atoms with Gasteiger partial charge in [0.1, 0.15) is 0 Å². The normalized spacial score (nSPS) is 17.4. The predicted molar refractivity (Wildman–Crippen MR) is 65.6 cm³/mol. The highest BCUT2D eigenvalue weighted by molar-refractivity contribution is 4.86. The van der Waals surface area contributed by atoms with Crippen LogP contribution in [-0.2, 0) is 4.74 Å². The van der Waals surface area contributed by atoms with E-state index in [1.807, 2.05) is 0 Å². The van der Waals surface area contributed by atoms with Crippen LogP contribution in [0.25, 0.3) is 0 Å². The minimum absolute atomic E-state index is 0.138. The first-order chi connectivity index (χ1) is 7.14. The smallest absolute Gasteiger partial charge is 0.0813 e. The molecule has 92 valence electrons. The zero-order valence-corrected chi connectivity index (χ0v) is 10.8. The lowest BCUT2D eigenvalue weighted by atomic mass is 9.89. The fourth-order valence-corrected chi connectivity index (χ4v) is 1.87. The summed E-state index contributed by atoms with van der Waals surface area (Å²) in [6.07, 6.45) is 7.17. The van der Waals surface area contributed by atoms with E-state index in [0.717, 1.165) is 12.8 Å². The molecule has 0 aliphatic heterocycles. The van der Waals surface area contributed by atoms with Crippen molar-refractivity contribution in [2.45, 2.75) is 70.9 Å². The zero-order valence-electron chi connectivity index (χ0n) is 10.8. The maximum atomic E-state index is 5.59. The summed E-state index contributed by atoms with van der Waals surface area (Å²) in [5, 5.41) is 0. The number of hydrogen-bond donors (Lipinski definition) is 2. The molecule has 3 N–H and O–H groups in total. The molecular formula is C12H28N2O. The highest BCUT2D eigenvalue weighted by Crippen LogP contribution is 2.22. The molecule has 2 unspecified atom stereocenters. The standard InChI is InChI=1S/C12H28N2O/c1-5-7-8-9-10-11(14-13)12(3,6-2)15-4/h11,14H,5-10,13H2,1-4H3. The molecule has 0 heterocycles. The van der Waals surface area contributed by atoms with Gasteiger partial charge >= 0.3 is 0 Å². The number of methoxy groups -OCH3 is 1. The number of nitrogens with two attached hydrogens (primary N) is 1. The molecule has 3 heteroatoms. The Morgan fingerprint density at radius 1 is 1.27 bits per heavy atom. The van der Waals surface area contributed by atoms with Crippen LogP contribution >= 0.6 is 0 Å². The molecule has 0 radical (unpaired) electrons. The molecular weight excluding hydrogens is 188 g/mol. The van der Waals surface area contributed by atoms with Gasteiger partial charge in [0.25, 0.3) is 0 Å². The van der Waals surface area contributed by atoms with Gasteiger partial charge in [-0.25, -0.2) is 0 Å². The Kier molecular flexibility index (Phi) is 8.02. The van der Waals surface area contributed by atoms with Gasteiger partial charge in [-0.1, -0.05) is 39.5 Å². The quantitative estimate of drug-likeness (QED) is 0.354. The van der Waals surface area contributed by atoms with E-state index in [-0.39, 0.29) is 11.6 Å². The topological polar surface area (TPSA) is 47.3 Å². The molecule has 0 saturated carbocycles. The van der Waals surface area contributed by atoms with E-state index in [2.05, 4.69) is 26.2 Å². The molecule has 0 saturated heterocycles. The van der Waals surface area contributed by atoms with E-state index in [1.165, 1.54) is 25.7 Å². The van der Waals surface area contributed by atoms with Crippen LogP contribution in [0, 0.1) is 0 Å². The van der Waals surface area contributed by atoms with Gasteiger partial charge in [0.05, 0.1) is 5.60 Å². The van der Waals surface area contributed by atoms with Gasteiger partial charge in [-0.15, -0.1) is 0 Å². The lowest BCUT2D eigenvalue weighted by Crippen LogP contribution is -2.52. The third kappa shape index (κ3) is 4.96. The van der Waals surface area contributed by atoms with Crippen LogP contribution in [0.2, 0.25) is 0 Å². The zero-order chi connectivity index (χ0) is 11.7. The molecule has 0 aliphatic rings. The SMILES string of the molecule is CCCCCCC(NN)C(C)(CC)OC. The second kappa shape index (κ2) is 8.08. The van der Waals surface area contributed by atoms with Crippen LogP contribution in [0.4, 0.5) is 0 Å². The van der Waals surface area contributed by atoms with Crippen LogP contribution in [-0.4, -0.2) is 18.8 Å². The van der Waals surface area contributed by atoms with Crippen molar-refractivity contribution in [2.75, 3.05) is 7.11 Å². The van der Waals surface area contributed by atoms with Gasteiger partial charge in [-0.2, -0.15) is 0 Å². The highest BCUT2D eigenvalue weighted by Gasteiger charge is 2.31. The molecule has 0 aromatic rings. The molecule has 0 bridgehead atoms. The Morgan fingerprint density at radius 3 is 2.33 bits per heavy atom.